The highest BCUT2D eigenvalue weighted by molar-refractivity contribution is 5.21. The van der Waals surface area contributed by atoms with Gasteiger partial charge < -0.3 is 15.2 Å². The molecule has 0 heterocycles. The van der Waals surface area contributed by atoms with Crippen LogP contribution < -0.4 is 5.32 Å². The Balaban J connectivity index is 1.84. The van der Waals surface area contributed by atoms with E-state index in [2.05, 4.69) is 5.32 Å². The number of hydrogen-bond donors (Lipinski definition) is 2. The number of hydrogen-bond acceptors (Lipinski definition) is 3. The van der Waals surface area contributed by atoms with Gasteiger partial charge in [0.2, 0.25) is 0 Å². The van der Waals surface area contributed by atoms with Gasteiger partial charge in [-0.25, -0.2) is 8.78 Å². The average molecular weight is 257 g/mol. The average Bonchev–Trinajstić information content (AvgIpc) is 2.30. The first-order valence-electron chi connectivity index (χ1n) is 5.99. The summed E-state index contributed by atoms with van der Waals surface area (Å²) in [6.45, 7) is 0.210. The van der Waals surface area contributed by atoms with Crippen LogP contribution in [0.5, 0.6) is 0 Å². The van der Waals surface area contributed by atoms with Crippen LogP contribution >= 0.6 is 0 Å². The molecule has 0 aliphatic heterocycles. The SMILES string of the molecule is COC1CC(NCC(O)c2cc(F)ccc2F)C1. The second-order valence-electron chi connectivity index (χ2n) is 4.62. The molecule has 1 unspecified atom stereocenters. The number of ether oxygens (including phenoxy) is 1. The van der Waals surface area contributed by atoms with Crippen LogP contribution in [0.2, 0.25) is 0 Å². The van der Waals surface area contributed by atoms with E-state index in [1.165, 1.54) is 0 Å². The number of methoxy groups -OCH3 is 1. The van der Waals surface area contributed by atoms with Crippen molar-refractivity contribution >= 4 is 0 Å². The first kappa shape index (κ1) is 13.4. The van der Waals surface area contributed by atoms with Crippen molar-refractivity contribution in [1.82, 2.24) is 5.32 Å². The summed E-state index contributed by atoms with van der Waals surface area (Å²) in [4.78, 5) is 0. The van der Waals surface area contributed by atoms with Crippen molar-refractivity contribution in [1.29, 1.82) is 0 Å². The standard InChI is InChI=1S/C13H17F2NO2/c1-18-10-5-9(6-10)16-7-13(17)11-4-8(14)2-3-12(11)15/h2-4,9-10,13,16-17H,5-7H2,1H3. The van der Waals surface area contributed by atoms with Crippen molar-refractivity contribution in [3.8, 4) is 0 Å². The maximum atomic E-state index is 13.4. The topological polar surface area (TPSA) is 41.5 Å². The molecule has 1 aliphatic rings. The molecule has 18 heavy (non-hydrogen) atoms. The number of aliphatic hydroxyl groups is 1. The van der Waals surface area contributed by atoms with E-state index in [4.69, 9.17) is 4.74 Å². The summed E-state index contributed by atoms with van der Waals surface area (Å²) in [5.41, 5.74) is -0.00915. The Labute approximate surface area is 105 Å². The van der Waals surface area contributed by atoms with E-state index < -0.39 is 17.7 Å². The van der Waals surface area contributed by atoms with E-state index in [9.17, 15) is 13.9 Å². The maximum Gasteiger partial charge on any atom is 0.129 e. The highest BCUT2D eigenvalue weighted by atomic mass is 19.1. The second-order valence-corrected chi connectivity index (χ2v) is 4.62. The van der Waals surface area contributed by atoms with E-state index in [1.54, 1.807) is 7.11 Å². The molecule has 1 fully saturated rings. The molecule has 1 saturated carbocycles. The molecule has 0 radical (unpaired) electrons. The Kier molecular flexibility index (Phi) is 4.27. The summed E-state index contributed by atoms with van der Waals surface area (Å²) < 4.78 is 31.5. The molecular formula is C13H17F2NO2. The third-order valence-electron chi connectivity index (χ3n) is 3.35. The number of rotatable bonds is 5. The molecule has 5 heteroatoms. The van der Waals surface area contributed by atoms with E-state index >= 15 is 0 Å². The fourth-order valence-electron chi connectivity index (χ4n) is 2.08. The minimum atomic E-state index is -1.04. The molecule has 2 N–H and O–H groups in total. The highest BCUT2D eigenvalue weighted by Crippen LogP contribution is 2.24. The number of halogens is 2. The smallest absolute Gasteiger partial charge is 0.129 e. The molecular weight excluding hydrogens is 240 g/mol. The Hall–Kier alpha value is -1.04. The zero-order valence-corrected chi connectivity index (χ0v) is 10.2. The largest absolute Gasteiger partial charge is 0.387 e. The van der Waals surface area contributed by atoms with Gasteiger partial charge in [0, 0.05) is 25.3 Å². The van der Waals surface area contributed by atoms with Crippen LogP contribution in [0, 0.1) is 11.6 Å². The van der Waals surface area contributed by atoms with Gasteiger partial charge in [-0.1, -0.05) is 0 Å². The van der Waals surface area contributed by atoms with E-state index in [-0.39, 0.29) is 24.3 Å². The molecule has 3 nitrogen and oxygen atoms in total. The molecule has 1 aliphatic carbocycles. The van der Waals surface area contributed by atoms with Crippen LogP contribution in [0.15, 0.2) is 18.2 Å². The number of nitrogens with one attached hydrogen (secondary N) is 1. The van der Waals surface area contributed by atoms with Crippen LogP contribution in [0.1, 0.15) is 24.5 Å². The van der Waals surface area contributed by atoms with E-state index in [0.717, 1.165) is 31.0 Å². The minimum Gasteiger partial charge on any atom is -0.387 e. The van der Waals surface area contributed by atoms with Gasteiger partial charge in [-0.3, -0.25) is 0 Å². The van der Waals surface area contributed by atoms with Gasteiger partial charge in [0.25, 0.3) is 0 Å². The van der Waals surface area contributed by atoms with Gasteiger partial charge in [0.05, 0.1) is 12.2 Å². The highest BCUT2D eigenvalue weighted by Gasteiger charge is 2.29. The predicted octanol–water partition coefficient (Wildman–Crippen LogP) is 1.77. The molecule has 100 valence electrons. The zero-order valence-electron chi connectivity index (χ0n) is 10.2. The fraction of sp³-hybridized carbons (Fsp3) is 0.538. The first-order valence-corrected chi connectivity index (χ1v) is 5.99. The molecule has 1 aromatic carbocycles. The van der Waals surface area contributed by atoms with Crippen molar-refractivity contribution in [2.75, 3.05) is 13.7 Å². The Bertz CT molecular complexity index is 408. The lowest BCUT2D eigenvalue weighted by Crippen LogP contribution is -2.46. The van der Waals surface area contributed by atoms with Crippen LogP contribution in [-0.2, 0) is 4.74 Å². The normalized spacial score (nSPS) is 24.7. The number of benzene rings is 1. The molecule has 0 bridgehead atoms. The third-order valence-corrected chi connectivity index (χ3v) is 3.35. The van der Waals surface area contributed by atoms with Gasteiger partial charge >= 0.3 is 0 Å². The minimum absolute atomic E-state index is 0.00915. The van der Waals surface area contributed by atoms with Crippen LogP contribution in [0.3, 0.4) is 0 Å². The maximum absolute atomic E-state index is 13.4. The van der Waals surface area contributed by atoms with Gasteiger partial charge in [-0.2, -0.15) is 0 Å². The van der Waals surface area contributed by atoms with Gasteiger partial charge in [0.1, 0.15) is 11.6 Å². The lowest BCUT2D eigenvalue weighted by atomic mass is 9.89. The monoisotopic (exact) mass is 257 g/mol. The summed E-state index contributed by atoms with van der Waals surface area (Å²) in [5.74, 6) is -1.14. The first-order chi connectivity index (χ1) is 8.60. The second kappa shape index (κ2) is 5.73. The third kappa shape index (κ3) is 3.04. The van der Waals surface area contributed by atoms with E-state index in [1.807, 2.05) is 0 Å². The lowest BCUT2D eigenvalue weighted by Gasteiger charge is -2.35. The van der Waals surface area contributed by atoms with Crippen LogP contribution in [0.4, 0.5) is 8.78 Å². The van der Waals surface area contributed by atoms with Crippen LogP contribution in [0.25, 0.3) is 0 Å². The van der Waals surface area contributed by atoms with Crippen molar-refractivity contribution < 1.29 is 18.6 Å². The molecule has 0 saturated heterocycles. The van der Waals surface area contributed by atoms with Gasteiger partial charge in [-0.05, 0) is 31.0 Å². The molecule has 1 aromatic rings. The Morgan fingerprint density at radius 1 is 1.44 bits per heavy atom. The molecule has 2 rings (SSSR count). The van der Waals surface area contributed by atoms with Crippen molar-refractivity contribution in [2.45, 2.75) is 31.1 Å². The Morgan fingerprint density at radius 3 is 2.83 bits per heavy atom. The summed E-state index contributed by atoms with van der Waals surface area (Å²) in [7, 11) is 1.66. The zero-order chi connectivity index (χ0) is 13.1. The molecule has 0 spiro atoms. The summed E-state index contributed by atoms with van der Waals surface area (Å²) in [6, 6.07) is 3.37. The molecule has 0 amide bonds. The Morgan fingerprint density at radius 2 is 2.17 bits per heavy atom. The van der Waals surface area contributed by atoms with E-state index in [0.29, 0.717) is 0 Å². The molecule has 0 aromatic heterocycles. The molecule has 1 atom stereocenters. The summed E-state index contributed by atoms with van der Waals surface area (Å²) in [5, 5.41) is 12.9. The van der Waals surface area contributed by atoms with Gasteiger partial charge in [-0.15, -0.1) is 0 Å². The predicted molar refractivity (Wildman–Crippen MR) is 63.1 cm³/mol. The van der Waals surface area contributed by atoms with Crippen molar-refractivity contribution in [3.63, 3.8) is 0 Å². The number of aliphatic hydroxyl groups excluding tert-OH is 1. The van der Waals surface area contributed by atoms with Crippen molar-refractivity contribution in [2.24, 2.45) is 0 Å². The van der Waals surface area contributed by atoms with Crippen LogP contribution in [-0.4, -0.2) is 30.9 Å². The quantitative estimate of drug-likeness (QED) is 0.844. The summed E-state index contributed by atoms with van der Waals surface area (Å²) in [6.07, 6.45) is 0.997. The lowest BCUT2D eigenvalue weighted by molar-refractivity contribution is 0.0136. The van der Waals surface area contributed by atoms with Gasteiger partial charge in [0.15, 0.2) is 0 Å². The van der Waals surface area contributed by atoms with Crippen molar-refractivity contribution in [3.05, 3.63) is 35.4 Å². The summed E-state index contributed by atoms with van der Waals surface area (Å²) >= 11 is 0. The fourth-order valence-corrected chi connectivity index (χ4v) is 2.08.